The minimum Gasteiger partial charge on any atom is -0.478 e. The Morgan fingerprint density at radius 1 is 1.12 bits per heavy atom. The number of carbonyl (C=O) groups excluding carboxylic acids is 2. The largest absolute Gasteiger partial charge is 0.478 e. The second-order valence-electron chi connectivity index (χ2n) is 6.09. The lowest BCUT2D eigenvalue weighted by molar-refractivity contribution is -0.121. The van der Waals surface area contributed by atoms with Crippen molar-refractivity contribution in [2.75, 3.05) is 10.2 Å². The number of nitrogens with zero attached hydrogens (tertiary/aromatic N) is 1. The highest BCUT2D eigenvalue weighted by Gasteiger charge is 2.40. The molecule has 0 spiro atoms. The summed E-state index contributed by atoms with van der Waals surface area (Å²) in [6, 6.07) is 11.3. The van der Waals surface area contributed by atoms with Crippen LogP contribution in [0.4, 0.5) is 11.4 Å². The third kappa shape index (κ3) is 3.10. The lowest BCUT2D eigenvalue weighted by atomic mass is 10.1. The minimum absolute atomic E-state index is 0.0317. The molecule has 128 valence electrons. The van der Waals surface area contributed by atoms with E-state index in [2.05, 4.69) is 5.32 Å². The van der Waals surface area contributed by atoms with Crippen LogP contribution < -0.4 is 10.2 Å². The first-order valence-electron chi connectivity index (χ1n) is 7.91. The molecule has 2 aromatic rings. The first-order valence-corrected chi connectivity index (χ1v) is 7.91. The first-order chi connectivity index (χ1) is 11.9. The van der Waals surface area contributed by atoms with Gasteiger partial charge >= 0.3 is 5.97 Å². The molecule has 0 radical (unpaired) electrons. The number of benzene rings is 2. The molecule has 2 amide bonds. The summed E-state index contributed by atoms with van der Waals surface area (Å²) < 4.78 is 0. The van der Waals surface area contributed by atoms with E-state index in [0.717, 1.165) is 16.2 Å². The Kier molecular flexibility index (Phi) is 4.27. The fourth-order valence-corrected chi connectivity index (χ4v) is 2.90. The van der Waals surface area contributed by atoms with Crippen LogP contribution in [0, 0.1) is 13.8 Å². The van der Waals surface area contributed by atoms with Gasteiger partial charge in [-0.2, -0.15) is 0 Å². The number of aryl methyl sites for hydroxylation is 2. The van der Waals surface area contributed by atoms with Crippen molar-refractivity contribution in [3.63, 3.8) is 0 Å². The zero-order valence-electron chi connectivity index (χ0n) is 13.9. The summed E-state index contributed by atoms with van der Waals surface area (Å²) in [6.45, 7) is 3.66. The number of carbonyl (C=O) groups is 3. The number of carboxylic acid groups (broad SMARTS) is 1. The molecule has 0 unspecified atom stereocenters. The number of imide groups is 1. The van der Waals surface area contributed by atoms with Crippen molar-refractivity contribution in [1.82, 2.24) is 0 Å². The third-order valence-corrected chi connectivity index (χ3v) is 4.32. The van der Waals surface area contributed by atoms with Gasteiger partial charge in [0.25, 0.3) is 5.91 Å². The normalized spacial score (nSPS) is 17.0. The molecule has 6 heteroatoms. The second-order valence-corrected chi connectivity index (χ2v) is 6.09. The minimum atomic E-state index is -1.10. The van der Waals surface area contributed by atoms with Gasteiger partial charge < -0.3 is 10.4 Å². The molecule has 1 saturated heterocycles. The molecule has 0 aliphatic carbocycles. The molecule has 2 aromatic carbocycles. The molecular weight excluding hydrogens is 320 g/mol. The van der Waals surface area contributed by atoms with Gasteiger partial charge in [0.2, 0.25) is 5.91 Å². The molecule has 3 rings (SSSR count). The first kappa shape index (κ1) is 16.7. The van der Waals surface area contributed by atoms with Gasteiger partial charge in [0.1, 0.15) is 6.04 Å². The van der Waals surface area contributed by atoms with Gasteiger partial charge in [-0.3, -0.25) is 9.59 Å². The fraction of sp³-hybridized carbons (Fsp3) is 0.211. The Hall–Kier alpha value is -3.15. The molecular formula is C19H18N2O4. The Labute approximate surface area is 145 Å². The maximum Gasteiger partial charge on any atom is 0.335 e. The third-order valence-electron chi connectivity index (χ3n) is 4.32. The van der Waals surface area contributed by atoms with Crippen LogP contribution in [-0.2, 0) is 9.59 Å². The molecule has 0 saturated carbocycles. The summed E-state index contributed by atoms with van der Waals surface area (Å²) >= 11 is 0. The van der Waals surface area contributed by atoms with Gasteiger partial charge in [-0.15, -0.1) is 0 Å². The van der Waals surface area contributed by atoms with Gasteiger partial charge in [-0.25, -0.2) is 9.69 Å². The quantitative estimate of drug-likeness (QED) is 0.837. The molecule has 1 aliphatic rings. The van der Waals surface area contributed by atoms with E-state index >= 15 is 0 Å². The highest BCUT2D eigenvalue weighted by Crippen LogP contribution is 2.29. The highest BCUT2D eigenvalue weighted by atomic mass is 16.4. The molecule has 25 heavy (non-hydrogen) atoms. The number of anilines is 2. The van der Waals surface area contributed by atoms with Crippen LogP contribution >= 0.6 is 0 Å². The van der Waals surface area contributed by atoms with E-state index in [1.807, 2.05) is 31.2 Å². The number of amides is 2. The van der Waals surface area contributed by atoms with Gasteiger partial charge in [0.05, 0.1) is 17.7 Å². The monoisotopic (exact) mass is 338 g/mol. The van der Waals surface area contributed by atoms with E-state index in [0.29, 0.717) is 11.3 Å². The van der Waals surface area contributed by atoms with Crippen LogP contribution in [0.2, 0.25) is 0 Å². The van der Waals surface area contributed by atoms with E-state index in [-0.39, 0.29) is 23.8 Å². The van der Waals surface area contributed by atoms with Crippen molar-refractivity contribution in [1.29, 1.82) is 0 Å². The zero-order chi connectivity index (χ0) is 18.1. The number of hydrogen-bond donors (Lipinski definition) is 2. The number of aromatic carboxylic acids is 1. The summed E-state index contributed by atoms with van der Waals surface area (Å²) in [7, 11) is 0. The van der Waals surface area contributed by atoms with Crippen molar-refractivity contribution >= 4 is 29.2 Å². The molecule has 1 heterocycles. The SMILES string of the molecule is Cc1ccccc1N[C@@H]1CC(=O)N(c2cc(C(=O)O)ccc2C)C1=O. The van der Waals surface area contributed by atoms with Crippen molar-refractivity contribution in [3.05, 3.63) is 59.2 Å². The average molecular weight is 338 g/mol. The van der Waals surface area contributed by atoms with Crippen LogP contribution in [-0.4, -0.2) is 28.9 Å². The maximum absolute atomic E-state index is 12.8. The van der Waals surface area contributed by atoms with Crippen molar-refractivity contribution in [3.8, 4) is 0 Å². The summed E-state index contributed by atoms with van der Waals surface area (Å²) in [5.74, 6) is -1.82. The Morgan fingerprint density at radius 3 is 2.52 bits per heavy atom. The predicted octanol–water partition coefficient (Wildman–Crippen LogP) is 2.75. The topological polar surface area (TPSA) is 86.7 Å². The van der Waals surface area contributed by atoms with E-state index in [1.165, 1.54) is 12.1 Å². The van der Waals surface area contributed by atoms with Gasteiger partial charge in [-0.05, 0) is 43.2 Å². The molecule has 2 N–H and O–H groups in total. The maximum atomic E-state index is 12.8. The number of rotatable bonds is 4. The van der Waals surface area contributed by atoms with Gasteiger partial charge in [0, 0.05) is 5.69 Å². The van der Waals surface area contributed by atoms with E-state index in [9.17, 15) is 14.4 Å². The molecule has 1 fully saturated rings. The lowest BCUT2D eigenvalue weighted by Crippen LogP contribution is -2.35. The average Bonchev–Trinajstić information content (AvgIpc) is 2.84. The summed E-state index contributed by atoms with van der Waals surface area (Å²) in [5, 5.41) is 12.3. The van der Waals surface area contributed by atoms with E-state index in [1.54, 1.807) is 13.0 Å². The second kappa shape index (κ2) is 6.39. The molecule has 0 aromatic heterocycles. The Morgan fingerprint density at radius 2 is 1.84 bits per heavy atom. The molecule has 1 aliphatic heterocycles. The fourth-order valence-electron chi connectivity index (χ4n) is 2.90. The van der Waals surface area contributed by atoms with Crippen LogP contribution in [0.3, 0.4) is 0 Å². The standard InChI is InChI=1S/C19H18N2O4/c1-11-5-3-4-6-14(11)20-15-10-17(22)21(18(15)23)16-9-13(19(24)25)8-7-12(16)2/h3-9,15,20H,10H2,1-2H3,(H,24,25)/t15-/m1/s1. The van der Waals surface area contributed by atoms with Gasteiger partial charge in [-0.1, -0.05) is 24.3 Å². The molecule has 1 atom stereocenters. The number of para-hydroxylation sites is 1. The molecule has 0 bridgehead atoms. The highest BCUT2D eigenvalue weighted by molar-refractivity contribution is 6.23. The summed E-state index contributed by atoms with van der Waals surface area (Å²) in [6.07, 6.45) is 0.0317. The molecule has 6 nitrogen and oxygen atoms in total. The summed E-state index contributed by atoms with van der Waals surface area (Å²) in [5.41, 5.74) is 2.81. The number of carboxylic acids is 1. The van der Waals surface area contributed by atoms with Crippen LogP contribution in [0.25, 0.3) is 0 Å². The Balaban J connectivity index is 1.91. The number of nitrogens with one attached hydrogen (secondary N) is 1. The van der Waals surface area contributed by atoms with Gasteiger partial charge in [0.15, 0.2) is 0 Å². The van der Waals surface area contributed by atoms with E-state index in [4.69, 9.17) is 5.11 Å². The van der Waals surface area contributed by atoms with E-state index < -0.39 is 12.0 Å². The van der Waals surface area contributed by atoms with Crippen molar-refractivity contribution in [2.24, 2.45) is 0 Å². The smallest absolute Gasteiger partial charge is 0.335 e. The van der Waals surface area contributed by atoms with Crippen molar-refractivity contribution < 1.29 is 19.5 Å². The van der Waals surface area contributed by atoms with Crippen LogP contribution in [0.5, 0.6) is 0 Å². The predicted molar refractivity (Wildman–Crippen MR) is 93.8 cm³/mol. The zero-order valence-corrected chi connectivity index (χ0v) is 13.9. The van der Waals surface area contributed by atoms with Crippen molar-refractivity contribution in [2.45, 2.75) is 26.3 Å². The summed E-state index contributed by atoms with van der Waals surface area (Å²) in [4.78, 5) is 37.4. The van der Waals surface area contributed by atoms with Crippen LogP contribution in [0.15, 0.2) is 42.5 Å². The number of hydrogen-bond acceptors (Lipinski definition) is 4. The lowest BCUT2D eigenvalue weighted by Gasteiger charge is -2.19. The van der Waals surface area contributed by atoms with Crippen LogP contribution in [0.1, 0.15) is 27.9 Å². The Bertz CT molecular complexity index is 875.